The molecule has 0 saturated carbocycles. The van der Waals surface area contributed by atoms with Crippen LogP contribution in [0, 0.1) is 5.92 Å². The first-order valence-electron chi connectivity index (χ1n) is 5.83. The third-order valence-corrected chi connectivity index (χ3v) is 3.03. The van der Waals surface area contributed by atoms with Gasteiger partial charge in [0.15, 0.2) is 5.78 Å². The van der Waals surface area contributed by atoms with Crippen molar-refractivity contribution in [1.29, 1.82) is 0 Å². The van der Waals surface area contributed by atoms with E-state index >= 15 is 0 Å². The van der Waals surface area contributed by atoms with E-state index in [0.29, 0.717) is 10.7 Å². The van der Waals surface area contributed by atoms with Gasteiger partial charge in [-0.25, -0.2) is 0 Å². The highest BCUT2D eigenvalue weighted by Crippen LogP contribution is 2.28. The van der Waals surface area contributed by atoms with Gasteiger partial charge in [0.25, 0.3) is 0 Å². The van der Waals surface area contributed by atoms with Crippen LogP contribution >= 0.6 is 11.6 Å². The van der Waals surface area contributed by atoms with E-state index in [1.807, 2.05) is 0 Å². The van der Waals surface area contributed by atoms with E-state index in [-0.39, 0.29) is 18.6 Å². The molecular formula is C13H12ClNO4. The highest BCUT2D eigenvalue weighted by Gasteiger charge is 2.35. The summed E-state index contributed by atoms with van der Waals surface area (Å²) in [5, 5.41) is 2.95. The van der Waals surface area contributed by atoms with Crippen LogP contribution in [0.3, 0.4) is 0 Å². The fourth-order valence-electron chi connectivity index (χ4n) is 1.93. The van der Waals surface area contributed by atoms with Crippen LogP contribution in [0.25, 0.3) is 0 Å². The number of carbonyl (C=O) groups excluding carboxylic acids is 3. The number of hydrogen-bond donors (Lipinski definition) is 1. The molecule has 1 amide bonds. The number of hydrogen-bond acceptors (Lipinski definition) is 4. The average Bonchev–Trinajstić information content (AvgIpc) is 2.48. The first-order valence-corrected chi connectivity index (χ1v) is 6.21. The molecule has 1 aliphatic heterocycles. The van der Waals surface area contributed by atoms with Gasteiger partial charge in [0, 0.05) is 17.0 Å². The van der Waals surface area contributed by atoms with Gasteiger partial charge in [-0.3, -0.25) is 14.4 Å². The Morgan fingerprint density at radius 2 is 2.21 bits per heavy atom. The van der Waals surface area contributed by atoms with Crippen LogP contribution in [0.4, 0.5) is 5.69 Å². The van der Waals surface area contributed by atoms with Gasteiger partial charge in [0.2, 0.25) is 5.91 Å². The van der Waals surface area contributed by atoms with Crippen molar-refractivity contribution >= 4 is 34.9 Å². The number of rotatable bonds is 2. The van der Waals surface area contributed by atoms with Crippen LogP contribution in [0.15, 0.2) is 18.2 Å². The summed E-state index contributed by atoms with van der Waals surface area (Å²) in [5.41, 5.74) is 0.600. The fourth-order valence-corrected chi connectivity index (χ4v) is 2.10. The van der Waals surface area contributed by atoms with Crippen LogP contribution in [0.5, 0.6) is 0 Å². The van der Waals surface area contributed by atoms with Crippen LogP contribution in [-0.2, 0) is 14.3 Å². The molecule has 0 fully saturated rings. The van der Waals surface area contributed by atoms with E-state index < -0.39 is 23.6 Å². The molecule has 0 spiro atoms. The van der Waals surface area contributed by atoms with Crippen LogP contribution in [-0.4, -0.2) is 24.3 Å². The predicted octanol–water partition coefficient (Wildman–Crippen LogP) is 2.04. The summed E-state index contributed by atoms with van der Waals surface area (Å²) in [6.07, 6.45) is -0.218. The van der Waals surface area contributed by atoms with Crippen molar-refractivity contribution < 1.29 is 19.1 Å². The molecule has 0 aliphatic carbocycles. The topological polar surface area (TPSA) is 72.5 Å². The van der Waals surface area contributed by atoms with E-state index in [0.717, 1.165) is 0 Å². The number of fused-ring (bicyclic) bond motifs is 1. The Balaban J connectivity index is 2.43. The smallest absolute Gasteiger partial charge is 0.317 e. The molecule has 0 bridgehead atoms. The second-order valence-corrected chi connectivity index (χ2v) is 4.55. The fraction of sp³-hybridized carbons (Fsp3) is 0.308. The lowest BCUT2D eigenvalue weighted by Gasteiger charge is -2.11. The lowest BCUT2D eigenvalue weighted by atomic mass is 9.95. The molecule has 0 saturated heterocycles. The Morgan fingerprint density at radius 3 is 2.89 bits per heavy atom. The summed E-state index contributed by atoms with van der Waals surface area (Å²) < 4.78 is 4.83. The molecule has 1 N–H and O–H groups in total. The Morgan fingerprint density at radius 1 is 1.47 bits per heavy atom. The van der Waals surface area contributed by atoms with E-state index in [2.05, 4.69) is 5.32 Å². The molecule has 2 rings (SSSR count). The summed E-state index contributed by atoms with van der Waals surface area (Å²) in [4.78, 5) is 35.7. The molecule has 19 heavy (non-hydrogen) atoms. The zero-order valence-electron chi connectivity index (χ0n) is 10.2. The van der Waals surface area contributed by atoms with Crippen molar-refractivity contribution in [3.8, 4) is 0 Å². The SMILES string of the molecule is CCOC(=O)C1CC(=O)Nc2ccc(Cl)cc2C1=O. The number of amides is 1. The maximum Gasteiger partial charge on any atom is 0.317 e. The first-order chi connectivity index (χ1) is 9.02. The third kappa shape index (κ3) is 2.76. The number of carbonyl (C=O) groups is 3. The summed E-state index contributed by atoms with van der Waals surface area (Å²) in [7, 11) is 0. The van der Waals surface area contributed by atoms with E-state index in [4.69, 9.17) is 16.3 Å². The predicted molar refractivity (Wildman–Crippen MR) is 69.2 cm³/mol. The monoisotopic (exact) mass is 281 g/mol. The summed E-state index contributed by atoms with van der Waals surface area (Å²) in [5.74, 6) is -2.64. The number of nitrogens with one attached hydrogen (secondary N) is 1. The minimum atomic E-state index is -1.11. The molecule has 1 aromatic rings. The van der Waals surface area contributed by atoms with Crippen molar-refractivity contribution in [2.75, 3.05) is 11.9 Å². The van der Waals surface area contributed by atoms with Gasteiger partial charge < -0.3 is 10.1 Å². The first kappa shape index (κ1) is 13.5. The summed E-state index contributed by atoms with van der Waals surface area (Å²) in [6, 6.07) is 4.55. The molecule has 1 aromatic carbocycles. The molecule has 1 aliphatic rings. The largest absolute Gasteiger partial charge is 0.465 e. The van der Waals surface area contributed by atoms with Gasteiger partial charge in [-0.15, -0.1) is 0 Å². The van der Waals surface area contributed by atoms with Gasteiger partial charge in [0.05, 0.1) is 12.3 Å². The lowest BCUT2D eigenvalue weighted by molar-refractivity contribution is -0.147. The molecule has 100 valence electrons. The number of ether oxygens (including phenoxy) is 1. The molecule has 5 nitrogen and oxygen atoms in total. The Bertz CT molecular complexity index is 556. The third-order valence-electron chi connectivity index (χ3n) is 2.80. The van der Waals surface area contributed by atoms with Gasteiger partial charge in [0.1, 0.15) is 5.92 Å². The second kappa shape index (κ2) is 5.40. The van der Waals surface area contributed by atoms with Crippen molar-refractivity contribution in [2.24, 2.45) is 5.92 Å². The molecular weight excluding hydrogens is 270 g/mol. The van der Waals surface area contributed by atoms with Gasteiger partial charge in [-0.05, 0) is 25.1 Å². The van der Waals surface area contributed by atoms with E-state index in [9.17, 15) is 14.4 Å². The Labute approximate surface area is 114 Å². The Kier molecular flexibility index (Phi) is 3.85. The average molecular weight is 282 g/mol. The summed E-state index contributed by atoms with van der Waals surface area (Å²) in [6.45, 7) is 1.80. The van der Waals surface area contributed by atoms with Crippen molar-refractivity contribution in [1.82, 2.24) is 0 Å². The number of halogens is 1. The minimum absolute atomic E-state index is 0.159. The molecule has 0 radical (unpaired) electrons. The highest BCUT2D eigenvalue weighted by atomic mass is 35.5. The van der Waals surface area contributed by atoms with Gasteiger partial charge in [-0.1, -0.05) is 11.6 Å². The molecule has 1 heterocycles. The van der Waals surface area contributed by atoms with Crippen molar-refractivity contribution in [3.05, 3.63) is 28.8 Å². The number of esters is 1. The van der Waals surface area contributed by atoms with Crippen molar-refractivity contribution in [3.63, 3.8) is 0 Å². The maximum absolute atomic E-state index is 12.3. The Hall–Kier alpha value is -1.88. The van der Waals surface area contributed by atoms with Crippen LogP contribution in [0.2, 0.25) is 5.02 Å². The quantitative estimate of drug-likeness (QED) is 0.665. The standard InChI is InChI=1S/C13H12ClNO4/c1-2-19-13(18)9-6-11(16)15-10-4-3-7(14)5-8(10)12(9)17/h3-5,9H,2,6H2,1H3,(H,15,16). The normalized spacial score (nSPS) is 18.3. The number of anilines is 1. The zero-order chi connectivity index (χ0) is 14.0. The van der Waals surface area contributed by atoms with Crippen molar-refractivity contribution in [2.45, 2.75) is 13.3 Å². The van der Waals surface area contributed by atoms with Gasteiger partial charge in [-0.2, -0.15) is 0 Å². The van der Waals surface area contributed by atoms with Crippen LogP contribution < -0.4 is 5.32 Å². The highest BCUT2D eigenvalue weighted by molar-refractivity contribution is 6.31. The molecule has 1 atom stereocenters. The number of benzene rings is 1. The number of ketones is 1. The maximum atomic E-state index is 12.3. The number of Topliss-reactive ketones (excluding diaryl/α,β-unsaturated/α-hetero) is 1. The van der Waals surface area contributed by atoms with Crippen LogP contribution in [0.1, 0.15) is 23.7 Å². The minimum Gasteiger partial charge on any atom is -0.465 e. The second-order valence-electron chi connectivity index (χ2n) is 4.11. The van der Waals surface area contributed by atoms with Gasteiger partial charge >= 0.3 is 5.97 Å². The zero-order valence-corrected chi connectivity index (χ0v) is 11.0. The molecule has 6 heteroatoms. The molecule has 1 unspecified atom stereocenters. The summed E-state index contributed by atoms with van der Waals surface area (Å²) >= 11 is 5.84. The van der Waals surface area contributed by atoms with E-state index in [1.165, 1.54) is 6.07 Å². The van der Waals surface area contributed by atoms with E-state index in [1.54, 1.807) is 19.1 Å². The molecule has 0 aromatic heterocycles. The lowest BCUT2D eigenvalue weighted by Crippen LogP contribution is -2.27.